The number of hydrogen-bond acceptors (Lipinski definition) is 7. The molecule has 0 aliphatic rings. The minimum Gasteiger partial charge on any atom is -0.478 e. The van der Waals surface area contributed by atoms with Crippen molar-refractivity contribution in [2.45, 2.75) is 66.2 Å². The highest BCUT2D eigenvalue weighted by Crippen LogP contribution is 2.43. The van der Waals surface area contributed by atoms with E-state index >= 15 is 0 Å². The molecule has 54 heavy (non-hydrogen) atoms. The molecule has 0 fully saturated rings. The van der Waals surface area contributed by atoms with E-state index in [-0.39, 0.29) is 22.4 Å². The summed E-state index contributed by atoms with van der Waals surface area (Å²) < 4.78 is 6.46. The van der Waals surface area contributed by atoms with E-state index in [1.165, 1.54) is 15.7 Å². The zero-order chi connectivity index (χ0) is 38.9. The lowest BCUT2D eigenvalue weighted by Gasteiger charge is -2.28. The molecule has 1 N–H and O–H groups in total. The van der Waals surface area contributed by atoms with Gasteiger partial charge in [0.15, 0.2) is 5.75 Å². The number of nitrogens with zero attached hydrogens (tertiary/aromatic N) is 6. The number of esters is 1. The molecular weight excluding hydrogens is 723 g/mol. The Balaban J connectivity index is 1.49. The number of rotatable bonds is 6. The standard InChI is InChI=1S/C42H38Cl2N6O4/c1-22-16-28(41(3,4)5)37(34(18-22)49-45-30-14-12-24(43)20-32(30)47-49)36-26(39(51)52)10-9-11-27(36)40(53)54-38-29(42(6,7)8)17-23(2)19-35(38)50-46-31-15-13-25(44)21-33(31)48-50/h9-21H,1-8H3,(H,51,52). The first-order valence-corrected chi connectivity index (χ1v) is 18.1. The summed E-state index contributed by atoms with van der Waals surface area (Å²) in [4.78, 5) is 30.9. The Kier molecular flexibility index (Phi) is 9.10. The number of ether oxygens (including phenoxy) is 1. The summed E-state index contributed by atoms with van der Waals surface area (Å²) in [6.45, 7) is 16.1. The molecule has 0 saturated carbocycles. The van der Waals surface area contributed by atoms with Gasteiger partial charge in [0, 0.05) is 26.7 Å². The van der Waals surface area contributed by atoms with E-state index in [0.717, 1.165) is 22.3 Å². The highest BCUT2D eigenvalue weighted by Gasteiger charge is 2.32. The number of carboxylic acids is 1. The highest BCUT2D eigenvalue weighted by atomic mass is 35.5. The third-order valence-electron chi connectivity index (χ3n) is 9.17. The molecule has 2 heterocycles. The van der Waals surface area contributed by atoms with Gasteiger partial charge < -0.3 is 9.84 Å². The average molecular weight is 762 g/mol. The van der Waals surface area contributed by atoms with Gasteiger partial charge in [-0.3, -0.25) is 0 Å². The van der Waals surface area contributed by atoms with Gasteiger partial charge in [-0.1, -0.05) is 82.9 Å². The van der Waals surface area contributed by atoms with Crippen LogP contribution in [-0.4, -0.2) is 47.0 Å². The topological polar surface area (TPSA) is 125 Å². The lowest BCUT2D eigenvalue weighted by atomic mass is 9.78. The van der Waals surface area contributed by atoms with Crippen molar-refractivity contribution in [3.05, 3.63) is 122 Å². The molecule has 10 nitrogen and oxygen atoms in total. The normalized spacial score (nSPS) is 12.1. The van der Waals surface area contributed by atoms with Gasteiger partial charge in [-0.05, 0) is 102 Å². The fourth-order valence-corrected chi connectivity index (χ4v) is 6.99. The fraction of sp³-hybridized carbons (Fsp3) is 0.238. The molecule has 0 bridgehead atoms. The Morgan fingerprint density at radius 3 is 1.63 bits per heavy atom. The first-order chi connectivity index (χ1) is 25.4. The highest BCUT2D eigenvalue weighted by molar-refractivity contribution is 6.31. The van der Waals surface area contributed by atoms with Crippen molar-refractivity contribution in [3.63, 3.8) is 0 Å². The first kappa shape index (κ1) is 36.8. The lowest BCUT2D eigenvalue weighted by Crippen LogP contribution is -2.21. The second-order valence-electron chi connectivity index (χ2n) is 15.5. The minimum absolute atomic E-state index is 0.0435. The molecule has 0 atom stereocenters. The van der Waals surface area contributed by atoms with Crippen molar-refractivity contribution in [2.24, 2.45) is 0 Å². The van der Waals surface area contributed by atoms with Gasteiger partial charge in [-0.15, -0.1) is 30.0 Å². The van der Waals surface area contributed by atoms with Crippen molar-refractivity contribution in [3.8, 4) is 28.3 Å². The Hall–Kier alpha value is -5.58. The van der Waals surface area contributed by atoms with Crippen LogP contribution in [0.3, 0.4) is 0 Å². The second kappa shape index (κ2) is 13.4. The quantitative estimate of drug-likeness (QED) is 0.131. The van der Waals surface area contributed by atoms with E-state index in [4.69, 9.17) is 48.3 Å². The minimum atomic E-state index is -1.21. The number of aryl methyl sites for hydroxylation is 2. The van der Waals surface area contributed by atoms with Gasteiger partial charge in [-0.2, -0.15) is 0 Å². The Morgan fingerprint density at radius 2 is 1.09 bits per heavy atom. The number of carbonyl (C=O) groups is 2. The summed E-state index contributed by atoms with van der Waals surface area (Å²) in [5.74, 6) is -1.73. The van der Waals surface area contributed by atoms with Crippen LogP contribution in [0.5, 0.6) is 5.75 Å². The SMILES string of the molecule is Cc1cc(-n2nc3ccc(Cl)cc3n2)c(OC(=O)c2cccc(C(=O)O)c2-c2c(-n3nc4ccc(Cl)cc4n3)cc(C)cc2C(C)(C)C)c(C(C)(C)C)c1. The van der Waals surface area contributed by atoms with E-state index in [1.807, 2.05) is 79.7 Å². The second-order valence-corrected chi connectivity index (χ2v) is 16.4. The molecule has 0 unspecified atom stereocenters. The van der Waals surface area contributed by atoms with Crippen LogP contribution in [0.1, 0.15) is 84.5 Å². The van der Waals surface area contributed by atoms with Crippen molar-refractivity contribution in [1.29, 1.82) is 0 Å². The van der Waals surface area contributed by atoms with Crippen LogP contribution in [0.15, 0.2) is 78.9 Å². The Labute approximate surface area is 322 Å². The molecule has 0 amide bonds. The van der Waals surface area contributed by atoms with Crippen LogP contribution in [0.2, 0.25) is 10.0 Å². The molecule has 0 saturated heterocycles. The lowest BCUT2D eigenvalue weighted by molar-refractivity contribution is 0.0697. The van der Waals surface area contributed by atoms with Gasteiger partial charge >= 0.3 is 11.9 Å². The summed E-state index contributed by atoms with van der Waals surface area (Å²) >= 11 is 12.6. The molecular formula is C42H38Cl2N6O4. The number of carbonyl (C=O) groups excluding carboxylic acids is 1. The summed E-state index contributed by atoms with van der Waals surface area (Å²) in [5, 5.41) is 30.6. The van der Waals surface area contributed by atoms with E-state index in [0.29, 0.717) is 49.1 Å². The molecule has 0 spiro atoms. The molecule has 7 aromatic rings. The fourth-order valence-electron chi connectivity index (χ4n) is 6.65. The number of halogens is 2. The average Bonchev–Trinajstić information content (AvgIpc) is 3.71. The summed E-state index contributed by atoms with van der Waals surface area (Å²) in [6, 6.07) is 22.8. The van der Waals surface area contributed by atoms with Crippen molar-refractivity contribution >= 4 is 57.2 Å². The van der Waals surface area contributed by atoms with Gasteiger partial charge in [-0.25, -0.2) is 9.59 Å². The molecule has 5 aromatic carbocycles. The van der Waals surface area contributed by atoms with Crippen LogP contribution < -0.4 is 4.74 Å². The number of hydrogen-bond donors (Lipinski definition) is 1. The molecule has 0 aliphatic carbocycles. The van der Waals surface area contributed by atoms with Crippen molar-refractivity contribution in [2.75, 3.05) is 0 Å². The third-order valence-corrected chi connectivity index (χ3v) is 9.64. The number of aromatic carboxylic acids is 1. The van der Waals surface area contributed by atoms with Gasteiger partial charge in [0.25, 0.3) is 0 Å². The number of fused-ring (bicyclic) bond motifs is 2. The van der Waals surface area contributed by atoms with Crippen LogP contribution in [0.4, 0.5) is 0 Å². The Morgan fingerprint density at radius 1 is 0.611 bits per heavy atom. The van der Waals surface area contributed by atoms with E-state index in [1.54, 1.807) is 48.5 Å². The smallest absolute Gasteiger partial charge is 0.344 e. The van der Waals surface area contributed by atoms with E-state index in [9.17, 15) is 14.7 Å². The third kappa shape index (κ3) is 6.83. The van der Waals surface area contributed by atoms with E-state index < -0.39 is 22.8 Å². The molecule has 7 rings (SSSR count). The molecule has 12 heteroatoms. The zero-order valence-electron chi connectivity index (χ0n) is 31.1. The van der Waals surface area contributed by atoms with Crippen LogP contribution >= 0.6 is 23.2 Å². The van der Waals surface area contributed by atoms with Crippen LogP contribution in [0, 0.1) is 13.8 Å². The van der Waals surface area contributed by atoms with Gasteiger partial charge in [0.1, 0.15) is 27.8 Å². The van der Waals surface area contributed by atoms with Gasteiger partial charge in [0.2, 0.25) is 0 Å². The predicted octanol–water partition coefficient (Wildman–Crippen LogP) is 10.3. The summed E-state index contributed by atoms with van der Waals surface area (Å²) in [7, 11) is 0. The zero-order valence-corrected chi connectivity index (χ0v) is 32.6. The molecule has 2 aromatic heterocycles. The number of carboxylic acid groups (broad SMARTS) is 1. The van der Waals surface area contributed by atoms with Crippen molar-refractivity contribution < 1.29 is 19.4 Å². The van der Waals surface area contributed by atoms with Gasteiger partial charge in [0.05, 0.1) is 16.8 Å². The number of aromatic nitrogens is 6. The maximum atomic E-state index is 14.9. The molecule has 0 radical (unpaired) electrons. The largest absolute Gasteiger partial charge is 0.478 e. The predicted molar refractivity (Wildman–Crippen MR) is 212 cm³/mol. The molecule has 274 valence electrons. The molecule has 0 aliphatic heterocycles. The Bertz CT molecular complexity index is 2670. The maximum Gasteiger partial charge on any atom is 0.344 e. The first-order valence-electron chi connectivity index (χ1n) is 17.3. The van der Waals surface area contributed by atoms with Crippen LogP contribution in [-0.2, 0) is 10.8 Å². The maximum absolute atomic E-state index is 14.9. The number of benzene rings is 5. The van der Waals surface area contributed by atoms with E-state index in [2.05, 4.69) is 0 Å². The summed E-state index contributed by atoms with van der Waals surface area (Å²) in [6.07, 6.45) is 0. The monoisotopic (exact) mass is 760 g/mol. The van der Waals surface area contributed by atoms with Crippen molar-refractivity contribution in [1.82, 2.24) is 30.0 Å². The van der Waals surface area contributed by atoms with Crippen LogP contribution in [0.25, 0.3) is 44.6 Å². The summed E-state index contributed by atoms with van der Waals surface area (Å²) in [5.41, 5.74) is 6.21.